The maximum absolute atomic E-state index is 12.9. The number of carbonyl (C=O) groups excluding carboxylic acids is 1. The van der Waals surface area contributed by atoms with Gasteiger partial charge in [0, 0.05) is 12.7 Å². The second kappa shape index (κ2) is 7.94. The van der Waals surface area contributed by atoms with Gasteiger partial charge in [-0.25, -0.2) is 8.42 Å². The fraction of sp³-hybridized carbons (Fsp3) is 0.150. The van der Waals surface area contributed by atoms with Gasteiger partial charge in [-0.1, -0.05) is 31.2 Å². The van der Waals surface area contributed by atoms with Crippen molar-refractivity contribution in [3.63, 3.8) is 0 Å². The summed E-state index contributed by atoms with van der Waals surface area (Å²) < 4.78 is 27.1. The molecule has 0 saturated heterocycles. The lowest BCUT2D eigenvalue weighted by Gasteiger charge is -2.19. The second-order valence-corrected chi connectivity index (χ2v) is 8.80. The van der Waals surface area contributed by atoms with Crippen molar-refractivity contribution >= 4 is 38.6 Å². The first-order valence-corrected chi connectivity index (χ1v) is 10.8. The van der Waals surface area contributed by atoms with E-state index in [-0.39, 0.29) is 10.8 Å². The van der Waals surface area contributed by atoms with Crippen molar-refractivity contribution in [2.45, 2.75) is 18.2 Å². The molecule has 3 rings (SSSR count). The Morgan fingerprint density at radius 3 is 2.52 bits per heavy atom. The Morgan fingerprint density at radius 1 is 1.07 bits per heavy atom. The molecular weight excluding hydrogens is 380 g/mol. The molecule has 0 unspecified atom stereocenters. The van der Waals surface area contributed by atoms with Gasteiger partial charge in [0.25, 0.3) is 15.9 Å². The van der Waals surface area contributed by atoms with Crippen LogP contribution >= 0.6 is 11.3 Å². The van der Waals surface area contributed by atoms with Crippen LogP contribution in [0.5, 0.6) is 0 Å². The van der Waals surface area contributed by atoms with Crippen molar-refractivity contribution in [1.82, 2.24) is 0 Å². The smallest absolute Gasteiger partial charge is 0.266 e. The van der Waals surface area contributed by atoms with Gasteiger partial charge in [0.15, 0.2) is 0 Å². The van der Waals surface area contributed by atoms with Crippen LogP contribution in [0.3, 0.4) is 0 Å². The summed E-state index contributed by atoms with van der Waals surface area (Å²) in [5.41, 5.74) is 1.99. The highest BCUT2D eigenvalue weighted by molar-refractivity contribution is 7.92. The number of amides is 1. The number of carbonyl (C=O) groups is 1. The molecule has 140 valence electrons. The minimum atomic E-state index is -3.73. The van der Waals surface area contributed by atoms with E-state index in [9.17, 15) is 13.2 Å². The predicted molar refractivity (Wildman–Crippen MR) is 110 cm³/mol. The summed E-state index contributed by atoms with van der Waals surface area (Å²) in [6.07, 6.45) is 0.766. The lowest BCUT2D eigenvalue weighted by Crippen LogP contribution is -2.26. The highest BCUT2D eigenvalue weighted by Crippen LogP contribution is 2.25. The number of anilines is 2. The van der Waals surface area contributed by atoms with Crippen LogP contribution in [0.1, 0.15) is 22.2 Å². The van der Waals surface area contributed by atoms with Gasteiger partial charge in [0.05, 0.1) is 15.5 Å². The standard InChI is InChI=1S/C20H20N2O3S2/c1-3-15-12-13-26-19(15)20(23)21-16-8-7-11-18(14-16)27(24,25)22(2)17-9-5-4-6-10-17/h4-14H,3H2,1-2H3,(H,21,23). The molecule has 0 aliphatic rings. The number of para-hydroxylation sites is 1. The van der Waals surface area contributed by atoms with Crippen molar-refractivity contribution in [3.05, 3.63) is 76.5 Å². The van der Waals surface area contributed by atoms with E-state index in [0.29, 0.717) is 16.3 Å². The van der Waals surface area contributed by atoms with Crippen LogP contribution in [0.2, 0.25) is 0 Å². The van der Waals surface area contributed by atoms with E-state index in [1.807, 2.05) is 24.4 Å². The van der Waals surface area contributed by atoms with Crippen molar-refractivity contribution in [2.75, 3.05) is 16.7 Å². The summed E-state index contributed by atoms with van der Waals surface area (Å²) in [6.45, 7) is 1.99. The zero-order valence-corrected chi connectivity index (χ0v) is 16.7. The molecule has 2 aromatic carbocycles. The fourth-order valence-corrected chi connectivity index (χ4v) is 4.80. The Labute approximate surface area is 163 Å². The second-order valence-electron chi connectivity index (χ2n) is 5.92. The first-order valence-electron chi connectivity index (χ1n) is 8.45. The number of nitrogens with one attached hydrogen (secondary N) is 1. The van der Waals surface area contributed by atoms with Crippen molar-refractivity contribution in [2.24, 2.45) is 0 Å². The first kappa shape index (κ1) is 19.1. The van der Waals surface area contributed by atoms with E-state index in [2.05, 4.69) is 5.32 Å². The summed E-state index contributed by atoms with van der Waals surface area (Å²) in [6, 6.07) is 17.1. The zero-order chi connectivity index (χ0) is 19.4. The normalized spacial score (nSPS) is 11.2. The van der Waals surface area contributed by atoms with Crippen molar-refractivity contribution < 1.29 is 13.2 Å². The molecule has 27 heavy (non-hydrogen) atoms. The summed E-state index contributed by atoms with van der Waals surface area (Å²) in [5, 5.41) is 4.68. The Hall–Kier alpha value is -2.64. The molecule has 1 aromatic heterocycles. The van der Waals surface area contributed by atoms with Crippen LogP contribution in [0.25, 0.3) is 0 Å². The largest absolute Gasteiger partial charge is 0.321 e. The minimum Gasteiger partial charge on any atom is -0.321 e. The maximum atomic E-state index is 12.9. The van der Waals surface area contributed by atoms with Gasteiger partial charge in [-0.3, -0.25) is 9.10 Å². The van der Waals surface area contributed by atoms with Crippen LogP contribution in [0.4, 0.5) is 11.4 Å². The number of rotatable bonds is 6. The van der Waals surface area contributed by atoms with E-state index in [4.69, 9.17) is 0 Å². The molecule has 0 fully saturated rings. The minimum absolute atomic E-state index is 0.119. The van der Waals surface area contributed by atoms with Gasteiger partial charge in [-0.2, -0.15) is 0 Å². The molecule has 0 atom stereocenters. The van der Waals surface area contributed by atoms with E-state index < -0.39 is 10.0 Å². The van der Waals surface area contributed by atoms with E-state index in [1.165, 1.54) is 34.8 Å². The van der Waals surface area contributed by atoms with Gasteiger partial charge in [-0.05, 0) is 53.8 Å². The third kappa shape index (κ3) is 4.04. The van der Waals surface area contributed by atoms with E-state index in [1.54, 1.807) is 36.4 Å². The molecule has 0 bridgehead atoms. The monoisotopic (exact) mass is 400 g/mol. The average molecular weight is 401 g/mol. The molecular formula is C20H20N2O3S2. The molecule has 1 N–H and O–H groups in total. The van der Waals surface area contributed by atoms with Crippen molar-refractivity contribution in [3.8, 4) is 0 Å². The highest BCUT2D eigenvalue weighted by atomic mass is 32.2. The lowest BCUT2D eigenvalue weighted by atomic mass is 10.2. The summed E-state index contributed by atoms with van der Waals surface area (Å²) in [7, 11) is -2.22. The molecule has 0 aliphatic heterocycles. The fourth-order valence-electron chi connectivity index (χ4n) is 2.67. The Morgan fingerprint density at radius 2 is 1.81 bits per heavy atom. The lowest BCUT2D eigenvalue weighted by molar-refractivity contribution is 0.102. The molecule has 3 aromatic rings. The molecule has 1 heterocycles. The topological polar surface area (TPSA) is 66.5 Å². The van der Waals surface area contributed by atoms with Gasteiger partial charge in [-0.15, -0.1) is 11.3 Å². The number of hydrogen-bond acceptors (Lipinski definition) is 4. The molecule has 0 spiro atoms. The number of nitrogens with zero attached hydrogens (tertiary/aromatic N) is 1. The predicted octanol–water partition coefficient (Wildman–Crippen LogP) is 4.39. The number of sulfonamides is 1. The number of hydrogen-bond donors (Lipinski definition) is 1. The van der Waals surface area contributed by atoms with Gasteiger partial charge in [0.1, 0.15) is 0 Å². The van der Waals surface area contributed by atoms with Crippen LogP contribution in [0, 0.1) is 0 Å². The summed E-state index contributed by atoms with van der Waals surface area (Å²) in [4.78, 5) is 13.3. The third-order valence-corrected chi connectivity index (χ3v) is 6.94. The number of aryl methyl sites for hydroxylation is 1. The van der Waals surface area contributed by atoms with E-state index >= 15 is 0 Å². The molecule has 7 heteroatoms. The Bertz CT molecular complexity index is 1040. The maximum Gasteiger partial charge on any atom is 0.266 e. The van der Waals surface area contributed by atoms with Crippen LogP contribution < -0.4 is 9.62 Å². The molecule has 0 aliphatic carbocycles. The molecule has 0 radical (unpaired) electrons. The quantitative estimate of drug-likeness (QED) is 0.667. The van der Waals surface area contributed by atoms with Crippen LogP contribution in [-0.4, -0.2) is 21.4 Å². The molecule has 0 saturated carbocycles. The zero-order valence-electron chi connectivity index (χ0n) is 15.0. The molecule has 1 amide bonds. The van der Waals surface area contributed by atoms with Gasteiger partial charge < -0.3 is 5.32 Å². The van der Waals surface area contributed by atoms with Crippen molar-refractivity contribution in [1.29, 1.82) is 0 Å². The van der Waals surface area contributed by atoms with Crippen LogP contribution in [0.15, 0.2) is 70.9 Å². The summed E-state index contributed by atoms with van der Waals surface area (Å²) >= 11 is 1.37. The summed E-state index contributed by atoms with van der Waals surface area (Å²) in [5.74, 6) is -0.229. The third-order valence-electron chi connectivity index (χ3n) is 4.20. The Kier molecular flexibility index (Phi) is 5.62. The number of thiophene rings is 1. The van der Waals surface area contributed by atoms with Gasteiger partial charge in [0.2, 0.25) is 0 Å². The van der Waals surface area contributed by atoms with Crippen LogP contribution in [-0.2, 0) is 16.4 Å². The Balaban J connectivity index is 1.86. The highest BCUT2D eigenvalue weighted by Gasteiger charge is 2.22. The first-order chi connectivity index (χ1) is 12.9. The SMILES string of the molecule is CCc1ccsc1C(=O)Nc1cccc(S(=O)(=O)N(C)c2ccccc2)c1. The van der Waals surface area contributed by atoms with Gasteiger partial charge >= 0.3 is 0 Å². The average Bonchev–Trinajstić information content (AvgIpc) is 3.17. The van der Waals surface area contributed by atoms with E-state index in [0.717, 1.165) is 12.0 Å². The number of benzene rings is 2. The molecule has 5 nitrogen and oxygen atoms in total.